The zero-order valence-electron chi connectivity index (χ0n) is 12.5. The first-order chi connectivity index (χ1) is 10.3. The van der Waals surface area contributed by atoms with Crippen LogP contribution in [0.15, 0.2) is 48.8 Å². The smallest absolute Gasteiger partial charge is 0.0651 e. The van der Waals surface area contributed by atoms with Crippen molar-refractivity contribution in [3.05, 3.63) is 60.2 Å². The van der Waals surface area contributed by atoms with Crippen LogP contribution in [0, 0.1) is 0 Å². The van der Waals surface area contributed by atoms with Crippen molar-refractivity contribution in [2.24, 2.45) is 7.05 Å². The van der Waals surface area contributed by atoms with Gasteiger partial charge in [-0.3, -0.25) is 9.67 Å². The second kappa shape index (κ2) is 6.06. The Balaban J connectivity index is 1.86. The Morgan fingerprint density at radius 3 is 2.76 bits per heavy atom. The molecule has 1 N–H and O–H groups in total. The van der Waals surface area contributed by atoms with Crippen LogP contribution in [0.1, 0.15) is 23.9 Å². The maximum Gasteiger partial charge on any atom is 0.0651 e. The fourth-order valence-corrected chi connectivity index (χ4v) is 2.78. The summed E-state index contributed by atoms with van der Waals surface area (Å²) in [5.74, 6) is 0. The van der Waals surface area contributed by atoms with Crippen LogP contribution in [0.4, 0.5) is 0 Å². The molecule has 2 aromatic heterocycles. The second-order valence-corrected chi connectivity index (χ2v) is 5.24. The molecule has 0 radical (unpaired) electrons. The fourth-order valence-electron chi connectivity index (χ4n) is 2.78. The Bertz CT molecular complexity index is 727. The highest BCUT2D eigenvalue weighted by atomic mass is 15.2. The number of fused-ring (bicyclic) bond motifs is 1. The Kier molecular flexibility index (Phi) is 3.97. The molecule has 4 heteroatoms. The molecule has 0 amide bonds. The summed E-state index contributed by atoms with van der Waals surface area (Å²) >= 11 is 0. The van der Waals surface area contributed by atoms with Gasteiger partial charge in [-0.1, -0.05) is 24.3 Å². The van der Waals surface area contributed by atoms with Crippen molar-refractivity contribution in [3.63, 3.8) is 0 Å². The van der Waals surface area contributed by atoms with Crippen LogP contribution in [-0.2, 0) is 13.5 Å². The molecule has 108 valence electrons. The Morgan fingerprint density at radius 1 is 1.14 bits per heavy atom. The van der Waals surface area contributed by atoms with Crippen LogP contribution < -0.4 is 5.32 Å². The third-order valence-corrected chi connectivity index (χ3v) is 3.99. The van der Waals surface area contributed by atoms with E-state index in [1.165, 1.54) is 16.5 Å². The van der Waals surface area contributed by atoms with E-state index in [1.807, 2.05) is 31.2 Å². The lowest BCUT2D eigenvalue weighted by atomic mass is 10.0. The molecule has 0 bridgehead atoms. The molecular weight excluding hydrogens is 260 g/mol. The maximum atomic E-state index is 4.62. The monoisotopic (exact) mass is 280 g/mol. The first-order valence-electron chi connectivity index (χ1n) is 7.27. The van der Waals surface area contributed by atoms with Crippen LogP contribution in [0.25, 0.3) is 10.8 Å². The summed E-state index contributed by atoms with van der Waals surface area (Å²) in [6.45, 7) is 0. The van der Waals surface area contributed by atoms with E-state index in [4.69, 9.17) is 0 Å². The lowest BCUT2D eigenvalue weighted by Gasteiger charge is -2.17. The van der Waals surface area contributed by atoms with Crippen molar-refractivity contribution in [1.29, 1.82) is 0 Å². The predicted octanol–water partition coefficient (Wildman–Crippen LogP) is 2.86. The average molecular weight is 280 g/mol. The van der Waals surface area contributed by atoms with E-state index < -0.39 is 0 Å². The lowest BCUT2D eigenvalue weighted by Crippen LogP contribution is -2.19. The Hall–Kier alpha value is -2.20. The molecule has 1 aromatic carbocycles. The molecule has 3 aromatic rings. The van der Waals surface area contributed by atoms with Gasteiger partial charge in [-0.25, -0.2) is 0 Å². The predicted molar refractivity (Wildman–Crippen MR) is 85.1 cm³/mol. The molecule has 21 heavy (non-hydrogen) atoms. The molecule has 0 aliphatic heterocycles. The number of aromatic nitrogens is 3. The van der Waals surface area contributed by atoms with Gasteiger partial charge in [-0.15, -0.1) is 0 Å². The molecular formula is C17H20N4. The lowest BCUT2D eigenvalue weighted by molar-refractivity contribution is 0.528. The van der Waals surface area contributed by atoms with E-state index in [0.717, 1.165) is 18.5 Å². The number of rotatable bonds is 5. The molecule has 3 rings (SSSR count). The van der Waals surface area contributed by atoms with E-state index >= 15 is 0 Å². The number of benzene rings is 1. The number of hydrogen-bond acceptors (Lipinski definition) is 3. The van der Waals surface area contributed by atoms with Crippen molar-refractivity contribution >= 4 is 10.8 Å². The van der Waals surface area contributed by atoms with Gasteiger partial charge in [0.15, 0.2) is 0 Å². The van der Waals surface area contributed by atoms with E-state index in [-0.39, 0.29) is 6.04 Å². The number of pyridine rings is 1. The number of nitrogens with zero attached hydrogens (tertiary/aromatic N) is 3. The standard InChI is InChI=1S/C17H20N4/c1-18-16(8-7-14-10-12-20-21(14)2)17-15-6-4-3-5-13(15)9-11-19-17/h3-6,9-12,16,18H,7-8H2,1-2H3. The molecule has 0 aliphatic carbocycles. The van der Waals surface area contributed by atoms with Crippen LogP contribution in [0.2, 0.25) is 0 Å². The van der Waals surface area contributed by atoms with Gasteiger partial charge in [0.05, 0.1) is 11.7 Å². The summed E-state index contributed by atoms with van der Waals surface area (Å²) in [5, 5.41) is 10.1. The van der Waals surface area contributed by atoms with Gasteiger partial charge in [0.1, 0.15) is 0 Å². The summed E-state index contributed by atoms with van der Waals surface area (Å²) in [4.78, 5) is 4.62. The van der Waals surface area contributed by atoms with Crippen LogP contribution in [0.3, 0.4) is 0 Å². The van der Waals surface area contributed by atoms with Crippen molar-refractivity contribution in [2.75, 3.05) is 7.05 Å². The highest BCUT2D eigenvalue weighted by molar-refractivity contribution is 5.84. The average Bonchev–Trinajstić information content (AvgIpc) is 2.93. The van der Waals surface area contributed by atoms with Gasteiger partial charge in [-0.2, -0.15) is 5.10 Å². The molecule has 1 atom stereocenters. The first kappa shape index (κ1) is 13.8. The number of nitrogens with one attached hydrogen (secondary N) is 1. The zero-order chi connectivity index (χ0) is 14.7. The normalized spacial score (nSPS) is 12.7. The molecule has 0 spiro atoms. The molecule has 0 saturated heterocycles. The van der Waals surface area contributed by atoms with Gasteiger partial charge in [0.25, 0.3) is 0 Å². The van der Waals surface area contributed by atoms with Gasteiger partial charge in [0.2, 0.25) is 0 Å². The number of hydrogen-bond donors (Lipinski definition) is 1. The van der Waals surface area contributed by atoms with Gasteiger partial charge in [0, 0.05) is 30.5 Å². The molecule has 1 unspecified atom stereocenters. The van der Waals surface area contributed by atoms with Gasteiger partial charge >= 0.3 is 0 Å². The summed E-state index contributed by atoms with van der Waals surface area (Å²) in [6, 6.07) is 12.8. The largest absolute Gasteiger partial charge is 0.312 e. The summed E-state index contributed by atoms with van der Waals surface area (Å²) in [5.41, 5.74) is 2.37. The van der Waals surface area contributed by atoms with Crippen LogP contribution in [-0.4, -0.2) is 21.8 Å². The maximum absolute atomic E-state index is 4.62. The minimum atomic E-state index is 0.242. The minimum Gasteiger partial charge on any atom is -0.312 e. The van der Waals surface area contributed by atoms with E-state index in [9.17, 15) is 0 Å². The third-order valence-electron chi connectivity index (χ3n) is 3.99. The second-order valence-electron chi connectivity index (χ2n) is 5.24. The highest BCUT2D eigenvalue weighted by Crippen LogP contribution is 2.24. The fraction of sp³-hybridized carbons (Fsp3) is 0.294. The van der Waals surface area contributed by atoms with Crippen molar-refractivity contribution in [2.45, 2.75) is 18.9 Å². The summed E-state index contributed by atoms with van der Waals surface area (Å²) in [6.07, 6.45) is 5.72. The van der Waals surface area contributed by atoms with Crippen LogP contribution >= 0.6 is 0 Å². The summed E-state index contributed by atoms with van der Waals surface area (Å²) in [7, 11) is 3.98. The van der Waals surface area contributed by atoms with Gasteiger partial charge < -0.3 is 5.32 Å². The minimum absolute atomic E-state index is 0.242. The highest BCUT2D eigenvalue weighted by Gasteiger charge is 2.14. The van der Waals surface area contributed by atoms with Crippen molar-refractivity contribution < 1.29 is 0 Å². The molecule has 0 fully saturated rings. The van der Waals surface area contributed by atoms with Crippen molar-refractivity contribution in [3.8, 4) is 0 Å². The van der Waals surface area contributed by atoms with E-state index in [2.05, 4.69) is 51.8 Å². The van der Waals surface area contributed by atoms with E-state index in [0.29, 0.717) is 0 Å². The SMILES string of the molecule is CNC(CCc1ccnn1C)c1nccc2ccccc12. The van der Waals surface area contributed by atoms with Crippen molar-refractivity contribution in [1.82, 2.24) is 20.1 Å². The Morgan fingerprint density at radius 2 is 2.00 bits per heavy atom. The van der Waals surface area contributed by atoms with Crippen LogP contribution in [0.5, 0.6) is 0 Å². The zero-order valence-corrected chi connectivity index (χ0v) is 12.5. The summed E-state index contributed by atoms with van der Waals surface area (Å²) < 4.78 is 1.93. The molecule has 0 saturated carbocycles. The Labute approximate surface area is 124 Å². The van der Waals surface area contributed by atoms with Gasteiger partial charge in [-0.05, 0) is 37.4 Å². The first-order valence-corrected chi connectivity index (χ1v) is 7.27. The molecule has 2 heterocycles. The van der Waals surface area contributed by atoms with E-state index in [1.54, 1.807) is 0 Å². The quantitative estimate of drug-likeness (QED) is 0.781. The number of aryl methyl sites for hydroxylation is 2. The molecule has 0 aliphatic rings. The third kappa shape index (κ3) is 2.81. The topological polar surface area (TPSA) is 42.7 Å². The molecule has 4 nitrogen and oxygen atoms in total.